The molecular weight excluding hydrogens is 418 g/mol. The summed E-state index contributed by atoms with van der Waals surface area (Å²) in [5, 5.41) is 0. The van der Waals surface area contributed by atoms with Crippen LogP contribution < -0.4 is 10.2 Å². The average Bonchev–Trinajstić information content (AvgIpc) is 2.81. The number of nitrogens with zero attached hydrogens (tertiary/aromatic N) is 1. The largest absolute Gasteiger partial charge is 0.488 e. The summed E-state index contributed by atoms with van der Waals surface area (Å²) in [5.41, 5.74) is 3.55. The normalized spacial score (nSPS) is 15.2. The van der Waals surface area contributed by atoms with E-state index in [0.29, 0.717) is 17.9 Å². The summed E-state index contributed by atoms with van der Waals surface area (Å²) in [6, 6.07) is 15.0. The van der Waals surface area contributed by atoms with E-state index in [4.69, 9.17) is 9.47 Å². The maximum Gasteiger partial charge on any atom is 0.343 e. The zero-order valence-corrected chi connectivity index (χ0v) is 18.5. The Hall–Kier alpha value is -3.67. The van der Waals surface area contributed by atoms with E-state index < -0.39 is 5.97 Å². The number of rotatable bonds is 6. The molecular formula is C27H25NO5. The van der Waals surface area contributed by atoms with Crippen molar-refractivity contribution in [3.05, 3.63) is 87.2 Å². The summed E-state index contributed by atoms with van der Waals surface area (Å²) < 4.78 is 13.2. The maximum atomic E-state index is 12.8. The van der Waals surface area contributed by atoms with Crippen molar-refractivity contribution in [3.8, 4) is 17.0 Å². The molecule has 0 saturated heterocycles. The van der Waals surface area contributed by atoms with Gasteiger partial charge in [0.25, 0.3) is 0 Å². The van der Waals surface area contributed by atoms with Gasteiger partial charge in [-0.05, 0) is 55.9 Å². The summed E-state index contributed by atoms with van der Waals surface area (Å²) in [6.07, 6.45) is 6.18. The van der Waals surface area contributed by atoms with Gasteiger partial charge in [-0.1, -0.05) is 30.3 Å². The van der Waals surface area contributed by atoms with Gasteiger partial charge in [0.2, 0.25) is 0 Å². The Kier molecular flexibility index (Phi) is 5.36. The molecule has 0 atom stereocenters. The van der Waals surface area contributed by atoms with Gasteiger partial charge in [-0.25, -0.2) is 4.79 Å². The predicted octanol–water partition coefficient (Wildman–Crippen LogP) is 4.52. The van der Waals surface area contributed by atoms with E-state index in [1.165, 1.54) is 6.07 Å². The van der Waals surface area contributed by atoms with Crippen LogP contribution in [0.3, 0.4) is 0 Å². The second-order valence-corrected chi connectivity index (χ2v) is 8.72. The molecule has 2 aromatic carbocycles. The Morgan fingerprint density at radius 2 is 1.94 bits per heavy atom. The van der Waals surface area contributed by atoms with Crippen molar-refractivity contribution in [1.29, 1.82) is 0 Å². The molecule has 1 aliphatic carbocycles. The van der Waals surface area contributed by atoms with Crippen LogP contribution in [-0.4, -0.2) is 23.4 Å². The second kappa shape index (κ2) is 8.35. The van der Waals surface area contributed by atoms with Crippen LogP contribution in [-0.2, 0) is 23.3 Å². The summed E-state index contributed by atoms with van der Waals surface area (Å²) in [7, 11) is 0. The van der Waals surface area contributed by atoms with Gasteiger partial charge >= 0.3 is 5.97 Å². The Morgan fingerprint density at radius 1 is 1.15 bits per heavy atom. The molecule has 0 bridgehead atoms. The minimum absolute atomic E-state index is 0.0498. The SMILES string of the molecule is CCOC(=O)c1cn2c(cc1=O)-c1cc(C=O)c(OCc3ccccc3)cc1CC21CCC1. The van der Waals surface area contributed by atoms with Crippen LogP contribution in [0.25, 0.3) is 11.3 Å². The maximum absolute atomic E-state index is 12.8. The summed E-state index contributed by atoms with van der Waals surface area (Å²) >= 11 is 0. The van der Waals surface area contributed by atoms with E-state index >= 15 is 0 Å². The molecule has 1 aromatic heterocycles. The Balaban J connectivity index is 1.59. The van der Waals surface area contributed by atoms with Crippen LogP contribution in [0.2, 0.25) is 0 Å². The van der Waals surface area contributed by atoms with E-state index in [1.807, 2.05) is 36.4 Å². The number of hydrogen-bond donors (Lipinski definition) is 0. The standard InChI is InChI=1S/C27H25NO5/c1-2-32-26(31)22-15-28-23(13-24(22)30)21-11-20(16-29)25(33-17-18-7-4-3-5-8-18)12-19(21)14-27(28)9-6-10-27/h3-5,7-8,11-13,15-16H,2,6,9-10,14,17H2,1H3. The van der Waals surface area contributed by atoms with Crippen molar-refractivity contribution < 1.29 is 19.1 Å². The zero-order chi connectivity index (χ0) is 23.0. The van der Waals surface area contributed by atoms with Crippen molar-refractivity contribution in [2.45, 2.75) is 44.8 Å². The Morgan fingerprint density at radius 3 is 2.61 bits per heavy atom. The molecule has 1 saturated carbocycles. The number of aromatic nitrogens is 1. The first-order valence-corrected chi connectivity index (χ1v) is 11.3. The number of ether oxygens (including phenoxy) is 2. The van der Waals surface area contributed by atoms with E-state index in [2.05, 4.69) is 4.57 Å². The fraction of sp³-hybridized carbons (Fsp3) is 0.296. The van der Waals surface area contributed by atoms with Gasteiger partial charge in [0, 0.05) is 23.4 Å². The fourth-order valence-electron chi connectivity index (χ4n) is 4.91. The topological polar surface area (TPSA) is 74.6 Å². The van der Waals surface area contributed by atoms with Gasteiger partial charge < -0.3 is 14.0 Å². The Labute approximate surface area is 191 Å². The predicted molar refractivity (Wildman–Crippen MR) is 124 cm³/mol. The quantitative estimate of drug-likeness (QED) is 0.414. The van der Waals surface area contributed by atoms with Crippen molar-refractivity contribution in [1.82, 2.24) is 4.57 Å². The number of benzene rings is 2. The molecule has 2 heterocycles. The lowest BCUT2D eigenvalue weighted by molar-refractivity contribution is 0.0521. The molecule has 1 fully saturated rings. The highest BCUT2D eigenvalue weighted by molar-refractivity contribution is 5.90. The lowest BCUT2D eigenvalue weighted by atomic mass is 9.69. The Bertz CT molecular complexity index is 1290. The minimum Gasteiger partial charge on any atom is -0.488 e. The summed E-state index contributed by atoms with van der Waals surface area (Å²) in [5.74, 6) is -0.0580. The molecule has 0 radical (unpaired) electrons. The third kappa shape index (κ3) is 3.65. The van der Waals surface area contributed by atoms with Crippen molar-refractivity contribution in [2.24, 2.45) is 0 Å². The highest BCUT2D eigenvalue weighted by Crippen LogP contribution is 2.49. The zero-order valence-electron chi connectivity index (χ0n) is 18.5. The van der Waals surface area contributed by atoms with Gasteiger partial charge in [-0.3, -0.25) is 9.59 Å². The third-order valence-electron chi connectivity index (χ3n) is 6.74. The molecule has 1 aliphatic heterocycles. The average molecular weight is 443 g/mol. The highest BCUT2D eigenvalue weighted by atomic mass is 16.5. The van der Waals surface area contributed by atoms with Crippen LogP contribution in [0.1, 0.15) is 58.0 Å². The molecule has 3 aromatic rings. The number of aldehydes is 1. The molecule has 1 spiro atoms. The van der Waals surface area contributed by atoms with Gasteiger partial charge in [-0.2, -0.15) is 0 Å². The smallest absolute Gasteiger partial charge is 0.343 e. The third-order valence-corrected chi connectivity index (χ3v) is 6.74. The number of fused-ring (bicyclic) bond motifs is 4. The number of carbonyl (C=O) groups is 2. The number of carbonyl (C=O) groups excluding carboxylic acids is 2. The van der Waals surface area contributed by atoms with Crippen molar-refractivity contribution in [2.75, 3.05) is 6.61 Å². The van der Waals surface area contributed by atoms with Crippen molar-refractivity contribution in [3.63, 3.8) is 0 Å². The molecule has 6 heteroatoms. The number of hydrogen-bond acceptors (Lipinski definition) is 5. The molecule has 168 valence electrons. The van der Waals surface area contributed by atoms with Crippen LogP contribution >= 0.6 is 0 Å². The number of pyridine rings is 1. The lowest BCUT2D eigenvalue weighted by Crippen LogP contribution is -2.46. The van der Waals surface area contributed by atoms with Crippen LogP contribution in [0.5, 0.6) is 5.75 Å². The first-order valence-electron chi connectivity index (χ1n) is 11.3. The number of esters is 1. The fourth-order valence-corrected chi connectivity index (χ4v) is 4.91. The van der Waals surface area contributed by atoms with Crippen molar-refractivity contribution >= 4 is 12.3 Å². The van der Waals surface area contributed by atoms with Crippen LogP contribution in [0, 0.1) is 0 Å². The summed E-state index contributed by atoms with van der Waals surface area (Å²) in [4.78, 5) is 37.1. The highest BCUT2D eigenvalue weighted by Gasteiger charge is 2.43. The molecule has 6 nitrogen and oxygen atoms in total. The molecule has 33 heavy (non-hydrogen) atoms. The monoisotopic (exact) mass is 443 g/mol. The second-order valence-electron chi connectivity index (χ2n) is 8.72. The van der Waals surface area contributed by atoms with Crippen LogP contribution in [0.15, 0.2) is 59.5 Å². The van der Waals surface area contributed by atoms with Gasteiger partial charge in [0.1, 0.15) is 17.9 Å². The van der Waals surface area contributed by atoms with Gasteiger partial charge in [-0.15, -0.1) is 0 Å². The lowest BCUT2D eigenvalue weighted by Gasteiger charge is -2.48. The van der Waals surface area contributed by atoms with Gasteiger partial charge in [0.05, 0.1) is 17.9 Å². The minimum atomic E-state index is -0.601. The first kappa shape index (κ1) is 21.2. The van der Waals surface area contributed by atoms with E-state index in [9.17, 15) is 14.4 Å². The molecule has 0 unspecified atom stereocenters. The van der Waals surface area contributed by atoms with Gasteiger partial charge in [0.15, 0.2) is 11.7 Å². The van der Waals surface area contributed by atoms with Crippen LogP contribution in [0.4, 0.5) is 0 Å². The molecule has 2 aliphatic rings. The molecule has 0 amide bonds. The molecule has 5 rings (SSSR count). The summed E-state index contributed by atoms with van der Waals surface area (Å²) in [6.45, 7) is 2.29. The van der Waals surface area contributed by atoms with E-state index in [-0.39, 0.29) is 23.1 Å². The van der Waals surface area contributed by atoms with E-state index in [0.717, 1.165) is 54.4 Å². The first-order chi connectivity index (χ1) is 16.0. The van der Waals surface area contributed by atoms with E-state index in [1.54, 1.807) is 19.2 Å². The molecule has 0 N–H and O–H groups in total.